The average Bonchev–Trinajstić information content (AvgIpc) is 3.04. The van der Waals surface area contributed by atoms with Gasteiger partial charge in [0.25, 0.3) is 10.0 Å². The molecule has 2 heterocycles. The van der Waals surface area contributed by atoms with Gasteiger partial charge in [-0.25, -0.2) is 8.42 Å². The molecule has 0 spiro atoms. The maximum absolute atomic E-state index is 12.5. The van der Waals surface area contributed by atoms with Crippen molar-refractivity contribution in [3.05, 3.63) is 45.5 Å². The van der Waals surface area contributed by atoms with Gasteiger partial charge in [0.15, 0.2) is 0 Å². The van der Waals surface area contributed by atoms with E-state index in [0.29, 0.717) is 17.1 Å². The molecule has 7 heteroatoms. The van der Waals surface area contributed by atoms with E-state index in [1.54, 1.807) is 30.4 Å². The number of fused-ring (bicyclic) bond motifs is 1. The van der Waals surface area contributed by atoms with Gasteiger partial charge in [0.05, 0.1) is 0 Å². The Labute approximate surface area is 131 Å². The zero-order chi connectivity index (χ0) is 15.0. The first-order chi connectivity index (χ1) is 9.99. The molecule has 3 aromatic rings. The molecule has 0 bridgehead atoms. The van der Waals surface area contributed by atoms with Crippen LogP contribution in [0.5, 0.6) is 0 Å². The van der Waals surface area contributed by atoms with E-state index < -0.39 is 10.0 Å². The van der Waals surface area contributed by atoms with Crippen LogP contribution in [-0.2, 0) is 16.6 Å². The lowest BCUT2D eigenvalue weighted by Crippen LogP contribution is -2.13. The Bertz CT molecular complexity index is 894. The largest absolute Gasteiger partial charge is 0.326 e. The number of rotatable bonds is 4. The number of nitrogens with two attached hydrogens (primary N) is 1. The minimum absolute atomic E-state index is 0.304. The van der Waals surface area contributed by atoms with Crippen molar-refractivity contribution in [2.45, 2.75) is 18.4 Å². The van der Waals surface area contributed by atoms with Crippen LogP contribution in [0.2, 0.25) is 0 Å². The third-order valence-corrected chi connectivity index (χ3v) is 6.73. The second kappa shape index (κ2) is 5.42. The van der Waals surface area contributed by atoms with Gasteiger partial charge in [-0.05, 0) is 48.0 Å². The summed E-state index contributed by atoms with van der Waals surface area (Å²) in [6.07, 6.45) is 0. The summed E-state index contributed by atoms with van der Waals surface area (Å²) in [5.74, 6) is 0. The van der Waals surface area contributed by atoms with Gasteiger partial charge in [-0.15, -0.1) is 22.7 Å². The lowest BCUT2D eigenvalue weighted by Gasteiger charge is -2.07. The minimum Gasteiger partial charge on any atom is -0.326 e. The van der Waals surface area contributed by atoms with E-state index in [1.165, 1.54) is 11.3 Å². The Balaban J connectivity index is 1.96. The maximum atomic E-state index is 12.5. The predicted molar refractivity (Wildman–Crippen MR) is 89.6 cm³/mol. The molecule has 0 atom stereocenters. The van der Waals surface area contributed by atoms with Crippen LogP contribution in [-0.4, -0.2) is 8.42 Å². The summed E-state index contributed by atoms with van der Waals surface area (Å²) in [6, 6.07) is 9.16. The van der Waals surface area contributed by atoms with E-state index in [4.69, 9.17) is 5.73 Å². The van der Waals surface area contributed by atoms with E-state index in [2.05, 4.69) is 4.72 Å². The highest BCUT2D eigenvalue weighted by Crippen LogP contribution is 2.29. The normalized spacial score (nSPS) is 11.9. The molecule has 0 saturated carbocycles. The van der Waals surface area contributed by atoms with Gasteiger partial charge < -0.3 is 5.73 Å². The van der Waals surface area contributed by atoms with Gasteiger partial charge in [0.2, 0.25) is 0 Å². The Morgan fingerprint density at radius 1 is 1.24 bits per heavy atom. The van der Waals surface area contributed by atoms with E-state index in [0.717, 1.165) is 19.8 Å². The van der Waals surface area contributed by atoms with Gasteiger partial charge in [-0.3, -0.25) is 4.72 Å². The first kappa shape index (κ1) is 14.5. The smallest absolute Gasteiger partial charge is 0.263 e. The fourth-order valence-corrected chi connectivity index (χ4v) is 5.47. The van der Waals surface area contributed by atoms with E-state index >= 15 is 0 Å². The second-order valence-electron chi connectivity index (χ2n) is 4.62. The monoisotopic (exact) mass is 338 g/mol. The van der Waals surface area contributed by atoms with Crippen molar-refractivity contribution in [2.75, 3.05) is 4.72 Å². The first-order valence-corrected chi connectivity index (χ1v) is 9.47. The van der Waals surface area contributed by atoms with Crippen LogP contribution in [0.1, 0.15) is 9.75 Å². The highest BCUT2D eigenvalue weighted by molar-refractivity contribution is 7.93. The number of hydrogen-bond donors (Lipinski definition) is 2. The van der Waals surface area contributed by atoms with Crippen LogP contribution in [0.4, 0.5) is 5.69 Å². The summed E-state index contributed by atoms with van der Waals surface area (Å²) in [5.41, 5.74) is 6.14. The number of thiophene rings is 2. The predicted octanol–water partition coefficient (Wildman–Crippen LogP) is 3.53. The van der Waals surface area contributed by atoms with Crippen LogP contribution >= 0.6 is 22.7 Å². The number of hydrogen-bond acceptors (Lipinski definition) is 5. The minimum atomic E-state index is -3.58. The standard InChI is InChI=1S/C14H14N2O2S3/c1-9-14(7-12(8-15)20-9)21(17,18)16-11-2-3-13-10(6-11)4-5-19-13/h2-7,16H,8,15H2,1H3. The molecule has 3 N–H and O–H groups in total. The highest BCUT2D eigenvalue weighted by atomic mass is 32.2. The second-order valence-corrected chi connectivity index (χ2v) is 8.56. The van der Waals surface area contributed by atoms with Crippen LogP contribution < -0.4 is 10.5 Å². The van der Waals surface area contributed by atoms with Crippen molar-refractivity contribution >= 4 is 48.5 Å². The van der Waals surface area contributed by atoms with Crippen molar-refractivity contribution in [3.8, 4) is 0 Å². The molecule has 0 aliphatic carbocycles. The summed E-state index contributed by atoms with van der Waals surface area (Å²) in [7, 11) is -3.58. The van der Waals surface area contributed by atoms with E-state index in [-0.39, 0.29) is 0 Å². The molecule has 0 amide bonds. The molecule has 21 heavy (non-hydrogen) atoms. The van der Waals surface area contributed by atoms with Gasteiger partial charge in [0, 0.05) is 26.7 Å². The topological polar surface area (TPSA) is 72.2 Å². The molecular weight excluding hydrogens is 324 g/mol. The quantitative estimate of drug-likeness (QED) is 0.764. The van der Waals surface area contributed by atoms with Gasteiger partial charge in [-0.1, -0.05) is 0 Å². The Morgan fingerprint density at radius 2 is 2.05 bits per heavy atom. The SMILES string of the molecule is Cc1sc(CN)cc1S(=O)(=O)Nc1ccc2sccc2c1. The molecule has 0 fully saturated rings. The van der Waals surface area contributed by atoms with Crippen molar-refractivity contribution in [1.82, 2.24) is 0 Å². The number of sulfonamides is 1. The molecule has 0 aliphatic heterocycles. The Morgan fingerprint density at radius 3 is 2.76 bits per heavy atom. The number of anilines is 1. The Kier molecular flexibility index (Phi) is 3.75. The molecule has 0 unspecified atom stereocenters. The number of nitrogens with one attached hydrogen (secondary N) is 1. The fourth-order valence-electron chi connectivity index (χ4n) is 2.13. The summed E-state index contributed by atoms with van der Waals surface area (Å²) >= 11 is 3.04. The van der Waals surface area contributed by atoms with Crippen LogP contribution in [0.25, 0.3) is 10.1 Å². The summed E-state index contributed by atoms with van der Waals surface area (Å²) in [6.45, 7) is 2.14. The van der Waals surface area contributed by atoms with Crippen molar-refractivity contribution in [3.63, 3.8) is 0 Å². The molecule has 2 aromatic heterocycles. The van der Waals surface area contributed by atoms with E-state index in [9.17, 15) is 8.42 Å². The van der Waals surface area contributed by atoms with Gasteiger partial charge in [0.1, 0.15) is 4.90 Å². The lowest BCUT2D eigenvalue weighted by atomic mass is 10.2. The van der Waals surface area contributed by atoms with Crippen LogP contribution in [0.3, 0.4) is 0 Å². The third kappa shape index (κ3) is 2.82. The lowest BCUT2D eigenvalue weighted by molar-refractivity contribution is 0.601. The molecule has 4 nitrogen and oxygen atoms in total. The average molecular weight is 338 g/mol. The summed E-state index contributed by atoms with van der Waals surface area (Å²) in [4.78, 5) is 1.92. The summed E-state index contributed by atoms with van der Waals surface area (Å²) in [5, 5.41) is 3.02. The fraction of sp³-hybridized carbons (Fsp3) is 0.143. The molecular formula is C14H14N2O2S3. The number of benzene rings is 1. The Hall–Kier alpha value is -1.41. The molecule has 110 valence electrons. The highest BCUT2D eigenvalue weighted by Gasteiger charge is 2.19. The molecule has 0 aliphatic rings. The summed E-state index contributed by atoms with van der Waals surface area (Å²) < 4.78 is 28.7. The molecule has 0 radical (unpaired) electrons. The van der Waals surface area contributed by atoms with Crippen LogP contribution in [0, 0.1) is 6.92 Å². The maximum Gasteiger partial charge on any atom is 0.263 e. The zero-order valence-corrected chi connectivity index (χ0v) is 13.7. The molecule has 1 aromatic carbocycles. The van der Waals surface area contributed by atoms with Crippen LogP contribution in [0.15, 0.2) is 40.6 Å². The molecule has 3 rings (SSSR count). The van der Waals surface area contributed by atoms with Gasteiger partial charge >= 0.3 is 0 Å². The number of aryl methyl sites for hydroxylation is 1. The first-order valence-electron chi connectivity index (χ1n) is 6.29. The van der Waals surface area contributed by atoms with Crippen molar-refractivity contribution in [1.29, 1.82) is 0 Å². The molecule has 0 saturated heterocycles. The third-order valence-electron chi connectivity index (χ3n) is 3.12. The van der Waals surface area contributed by atoms with Gasteiger partial charge in [-0.2, -0.15) is 0 Å². The van der Waals surface area contributed by atoms with Crippen molar-refractivity contribution < 1.29 is 8.42 Å². The van der Waals surface area contributed by atoms with Crippen molar-refractivity contribution in [2.24, 2.45) is 5.73 Å². The zero-order valence-electron chi connectivity index (χ0n) is 11.3. The van der Waals surface area contributed by atoms with E-state index in [1.807, 2.05) is 23.6 Å².